The Balaban J connectivity index is 1.44. The molecular formula is C26H27N5O. The molecule has 0 radical (unpaired) electrons. The highest BCUT2D eigenvalue weighted by atomic mass is 16.5. The van der Waals surface area contributed by atoms with Crippen LogP contribution in [0.15, 0.2) is 54.6 Å². The van der Waals surface area contributed by atoms with Crippen LogP contribution in [0.5, 0.6) is 11.6 Å². The highest BCUT2D eigenvalue weighted by molar-refractivity contribution is 5.44. The lowest BCUT2D eigenvalue weighted by Gasteiger charge is -2.32. The minimum absolute atomic E-state index is 0.664. The van der Waals surface area contributed by atoms with Crippen LogP contribution in [0.25, 0.3) is 0 Å². The van der Waals surface area contributed by atoms with Crippen molar-refractivity contribution in [1.29, 1.82) is 5.26 Å². The SMILES string of the molecule is N#Cc1cccc(CN2CCc3nc(N4CCCCC4)nc(Oc4ccccc4)c3C2)c1. The maximum Gasteiger partial charge on any atom is 0.228 e. The van der Waals surface area contributed by atoms with Crippen molar-refractivity contribution in [2.75, 3.05) is 24.5 Å². The second-order valence-electron chi connectivity index (χ2n) is 8.49. The Bertz CT molecular complexity index is 1120. The number of aromatic nitrogens is 2. The van der Waals surface area contributed by atoms with Gasteiger partial charge in [0.1, 0.15) is 5.75 Å². The first-order valence-corrected chi connectivity index (χ1v) is 11.4. The fourth-order valence-electron chi connectivity index (χ4n) is 4.48. The van der Waals surface area contributed by atoms with Crippen molar-refractivity contribution in [3.8, 4) is 17.7 Å². The van der Waals surface area contributed by atoms with Crippen molar-refractivity contribution in [3.05, 3.63) is 77.0 Å². The number of fused-ring (bicyclic) bond motifs is 1. The van der Waals surface area contributed by atoms with Gasteiger partial charge in [0.15, 0.2) is 0 Å². The maximum absolute atomic E-state index is 9.21. The van der Waals surface area contributed by atoms with Crippen molar-refractivity contribution in [2.45, 2.75) is 38.8 Å². The normalized spacial score (nSPS) is 16.3. The summed E-state index contributed by atoms with van der Waals surface area (Å²) >= 11 is 0. The lowest BCUT2D eigenvalue weighted by molar-refractivity contribution is 0.238. The number of hydrogen-bond donors (Lipinski definition) is 0. The summed E-state index contributed by atoms with van der Waals surface area (Å²) in [7, 11) is 0. The number of anilines is 1. The Hall–Kier alpha value is -3.43. The minimum Gasteiger partial charge on any atom is -0.439 e. The van der Waals surface area contributed by atoms with Crippen molar-refractivity contribution in [1.82, 2.24) is 14.9 Å². The summed E-state index contributed by atoms with van der Waals surface area (Å²) in [6.07, 6.45) is 4.51. The van der Waals surface area contributed by atoms with E-state index >= 15 is 0 Å². The summed E-state index contributed by atoms with van der Waals surface area (Å²) < 4.78 is 6.30. The highest BCUT2D eigenvalue weighted by Crippen LogP contribution is 2.32. The van der Waals surface area contributed by atoms with Gasteiger partial charge in [-0.1, -0.05) is 30.3 Å². The third kappa shape index (κ3) is 4.58. The van der Waals surface area contributed by atoms with E-state index in [1.165, 1.54) is 19.3 Å². The molecule has 0 atom stereocenters. The van der Waals surface area contributed by atoms with Gasteiger partial charge in [-0.15, -0.1) is 0 Å². The maximum atomic E-state index is 9.21. The Morgan fingerprint density at radius 2 is 1.78 bits per heavy atom. The molecule has 0 N–H and O–H groups in total. The topological polar surface area (TPSA) is 65.3 Å². The molecule has 0 amide bonds. The van der Waals surface area contributed by atoms with Crippen LogP contribution in [-0.2, 0) is 19.5 Å². The van der Waals surface area contributed by atoms with Gasteiger partial charge in [-0.05, 0) is 49.1 Å². The van der Waals surface area contributed by atoms with Gasteiger partial charge < -0.3 is 9.64 Å². The monoisotopic (exact) mass is 425 g/mol. The Morgan fingerprint density at radius 1 is 0.938 bits per heavy atom. The smallest absolute Gasteiger partial charge is 0.228 e. The molecule has 3 heterocycles. The molecule has 0 spiro atoms. The molecule has 3 aromatic rings. The Morgan fingerprint density at radius 3 is 2.59 bits per heavy atom. The molecule has 5 rings (SSSR count). The van der Waals surface area contributed by atoms with Crippen LogP contribution in [-0.4, -0.2) is 34.5 Å². The minimum atomic E-state index is 0.664. The quantitative estimate of drug-likeness (QED) is 0.591. The third-order valence-electron chi connectivity index (χ3n) is 6.15. The van der Waals surface area contributed by atoms with Gasteiger partial charge in [-0.3, -0.25) is 4.90 Å². The Labute approximate surface area is 189 Å². The van der Waals surface area contributed by atoms with Gasteiger partial charge in [0.05, 0.1) is 22.9 Å². The lowest BCUT2D eigenvalue weighted by Crippen LogP contribution is -2.34. The molecule has 32 heavy (non-hydrogen) atoms. The van der Waals surface area contributed by atoms with Gasteiger partial charge in [0.25, 0.3) is 0 Å². The summed E-state index contributed by atoms with van der Waals surface area (Å²) in [5, 5.41) is 9.21. The molecule has 0 unspecified atom stereocenters. The number of para-hydroxylation sites is 1. The average molecular weight is 426 g/mol. The summed E-state index contributed by atoms with van der Waals surface area (Å²) in [6, 6.07) is 19.9. The first kappa shape index (κ1) is 20.5. The highest BCUT2D eigenvalue weighted by Gasteiger charge is 2.26. The first-order chi connectivity index (χ1) is 15.8. The largest absolute Gasteiger partial charge is 0.439 e. The molecule has 1 fully saturated rings. The van der Waals surface area contributed by atoms with E-state index in [2.05, 4.69) is 21.9 Å². The van der Waals surface area contributed by atoms with Crippen LogP contribution in [0.4, 0.5) is 5.95 Å². The number of piperidine rings is 1. The van der Waals surface area contributed by atoms with E-state index in [9.17, 15) is 5.26 Å². The summed E-state index contributed by atoms with van der Waals surface area (Å²) in [5.41, 5.74) is 4.00. The summed E-state index contributed by atoms with van der Waals surface area (Å²) in [6.45, 7) is 4.45. The van der Waals surface area contributed by atoms with Crippen LogP contribution in [0.1, 0.15) is 41.6 Å². The second kappa shape index (κ2) is 9.37. The standard InChI is InChI=1S/C26H27N5O/c27-17-20-8-7-9-21(16-20)18-30-15-12-24-23(19-30)25(32-22-10-3-1-4-11-22)29-26(28-24)31-13-5-2-6-14-31/h1,3-4,7-11,16H,2,5-6,12-15,18-19H2. The van der Waals surface area contributed by atoms with Crippen LogP contribution in [0, 0.1) is 11.3 Å². The van der Waals surface area contributed by atoms with Crippen LogP contribution < -0.4 is 9.64 Å². The molecule has 6 heteroatoms. The fourth-order valence-corrected chi connectivity index (χ4v) is 4.48. The number of nitrogens with zero attached hydrogens (tertiary/aromatic N) is 5. The van der Waals surface area contributed by atoms with E-state index in [1.807, 2.05) is 48.5 Å². The van der Waals surface area contributed by atoms with E-state index in [-0.39, 0.29) is 0 Å². The van der Waals surface area contributed by atoms with E-state index in [1.54, 1.807) is 0 Å². The number of nitriles is 1. The molecular weight excluding hydrogens is 398 g/mol. The second-order valence-corrected chi connectivity index (χ2v) is 8.49. The molecule has 0 saturated carbocycles. The fraction of sp³-hybridized carbons (Fsp3) is 0.346. The third-order valence-corrected chi connectivity index (χ3v) is 6.15. The number of hydrogen-bond acceptors (Lipinski definition) is 6. The van der Waals surface area contributed by atoms with E-state index in [4.69, 9.17) is 14.7 Å². The summed E-state index contributed by atoms with van der Waals surface area (Å²) in [4.78, 5) is 14.5. The van der Waals surface area contributed by atoms with E-state index in [0.29, 0.717) is 11.4 Å². The van der Waals surface area contributed by atoms with E-state index in [0.717, 1.165) is 67.7 Å². The molecule has 0 bridgehead atoms. The molecule has 1 saturated heterocycles. The summed E-state index contributed by atoms with van der Waals surface area (Å²) in [5.74, 6) is 2.25. The molecule has 0 aliphatic carbocycles. The number of rotatable bonds is 5. The average Bonchev–Trinajstić information content (AvgIpc) is 2.85. The van der Waals surface area contributed by atoms with Crippen molar-refractivity contribution >= 4 is 5.95 Å². The zero-order chi connectivity index (χ0) is 21.8. The molecule has 162 valence electrons. The predicted octanol–water partition coefficient (Wildman–Crippen LogP) is 4.69. The zero-order valence-corrected chi connectivity index (χ0v) is 18.2. The molecule has 6 nitrogen and oxygen atoms in total. The van der Waals surface area contributed by atoms with Gasteiger partial charge in [0, 0.05) is 39.1 Å². The van der Waals surface area contributed by atoms with E-state index < -0.39 is 0 Å². The van der Waals surface area contributed by atoms with Crippen LogP contribution in [0.2, 0.25) is 0 Å². The van der Waals surface area contributed by atoms with Crippen LogP contribution >= 0.6 is 0 Å². The number of benzene rings is 2. The first-order valence-electron chi connectivity index (χ1n) is 11.4. The van der Waals surface area contributed by atoms with Gasteiger partial charge in [0.2, 0.25) is 11.8 Å². The van der Waals surface area contributed by atoms with Gasteiger partial charge in [-0.25, -0.2) is 4.98 Å². The van der Waals surface area contributed by atoms with Crippen LogP contribution in [0.3, 0.4) is 0 Å². The molecule has 2 aliphatic heterocycles. The molecule has 2 aromatic carbocycles. The molecule has 2 aliphatic rings. The lowest BCUT2D eigenvalue weighted by atomic mass is 10.0. The Kier molecular flexibility index (Phi) is 6.00. The predicted molar refractivity (Wildman–Crippen MR) is 124 cm³/mol. The zero-order valence-electron chi connectivity index (χ0n) is 18.2. The molecule has 1 aromatic heterocycles. The van der Waals surface area contributed by atoms with Gasteiger partial charge >= 0.3 is 0 Å². The number of ether oxygens (including phenoxy) is 1. The van der Waals surface area contributed by atoms with Crippen molar-refractivity contribution < 1.29 is 4.74 Å². The van der Waals surface area contributed by atoms with Crippen molar-refractivity contribution in [3.63, 3.8) is 0 Å². The van der Waals surface area contributed by atoms with Gasteiger partial charge in [-0.2, -0.15) is 10.2 Å². The van der Waals surface area contributed by atoms with Crippen molar-refractivity contribution in [2.24, 2.45) is 0 Å².